The first-order chi connectivity index (χ1) is 11.4. The normalized spacial score (nSPS) is 23.8. The lowest BCUT2D eigenvalue weighted by atomic mass is 9.76. The maximum Gasteiger partial charge on any atom is 0.311 e. The van der Waals surface area contributed by atoms with Gasteiger partial charge in [-0.3, -0.25) is 9.59 Å². The number of amides is 1. The third-order valence-electron chi connectivity index (χ3n) is 4.96. The van der Waals surface area contributed by atoms with Crippen LogP contribution < -0.4 is 0 Å². The molecular formula is C18H24N2O4. The van der Waals surface area contributed by atoms with Gasteiger partial charge in [-0.25, -0.2) is 4.98 Å². The molecule has 1 saturated heterocycles. The van der Waals surface area contributed by atoms with E-state index in [0.717, 1.165) is 18.4 Å². The van der Waals surface area contributed by atoms with Crippen molar-refractivity contribution in [3.8, 4) is 0 Å². The zero-order valence-electron chi connectivity index (χ0n) is 14.2. The quantitative estimate of drug-likeness (QED) is 0.837. The van der Waals surface area contributed by atoms with Gasteiger partial charge in [-0.2, -0.15) is 0 Å². The van der Waals surface area contributed by atoms with E-state index >= 15 is 0 Å². The van der Waals surface area contributed by atoms with Crippen LogP contribution in [0.2, 0.25) is 0 Å². The number of likely N-dealkylation sites (tertiary alicyclic amines) is 1. The summed E-state index contributed by atoms with van der Waals surface area (Å²) in [5.74, 6) is -0.0739. The maximum atomic E-state index is 12.9. The Balaban J connectivity index is 1.80. The Bertz CT molecular complexity index is 670. The highest BCUT2D eigenvalue weighted by atomic mass is 16.4. The molecular weight excluding hydrogens is 308 g/mol. The maximum absolute atomic E-state index is 12.9. The number of piperidine rings is 1. The largest absolute Gasteiger partial charge is 0.481 e. The number of hydrogen-bond donors (Lipinski definition) is 1. The minimum atomic E-state index is -0.908. The lowest BCUT2D eigenvalue weighted by Gasteiger charge is -2.39. The van der Waals surface area contributed by atoms with E-state index in [-0.39, 0.29) is 12.5 Å². The molecule has 0 aromatic carbocycles. The summed E-state index contributed by atoms with van der Waals surface area (Å²) in [4.78, 5) is 30.5. The van der Waals surface area contributed by atoms with Gasteiger partial charge in [0.1, 0.15) is 5.76 Å². The van der Waals surface area contributed by atoms with Gasteiger partial charge in [-0.05, 0) is 46.0 Å². The van der Waals surface area contributed by atoms with E-state index in [1.165, 1.54) is 6.39 Å². The number of allylic oxidation sites excluding steroid dienone is 2. The molecule has 0 spiro atoms. The second-order valence-electron chi connectivity index (χ2n) is 7.24. The molecule has 1 atom stereocenters. The molecule has 1 saturated carbocycles. The van der Waals surface area contributed by atoms with E-state index in [1.807, 2.05) is 19.9 Å². The summed E-state index contributed by atoms with van der Waals surface area (Å²) in [7, 11) is 0. The van der Waals surface area contributed by atoms with Crippen molar-refractivity contribution in [1.82, 2.24) is 9.88 Å². The number of carboxylic acids is 1. The Morgan fingerprint density at radius 3 is 2.83 bits per heavy atom. The van der Waals surface area contributed by atoms with E-state index in [2.05, 4.69) is 4.98 Å². The molecule has 1 unspecified atom stereocenters. The Kier molecular flexibility index (Phi) is 4.47. The molecule has 6 heteroatoms. The first-order valence-corrected chi connectivity index (χ1v) is 8.52. The number of rotatable bonds is 5. The van der Waals surface area contributed by atoms with Crippen molar-refractivity contribution in [2.24, 2.45) is 5.41 Å². The minimum absolute atomic E-state index is 0.201. The van der Waals surface area contributed by atoms with Crippen LogP contribution in [0.4, 0.5) is 0 Å². The molecule has 2 aliphatic rings. The van der Waals surface area contributed by atoms with Crippen LogP contribution in [-0.4, -0.2) is 40.0 Å². The number of hydrogen-bond acceptors (Lipinski definition) is 4. The fourth-order valence-electron chi connectivity index (χ4n) is 3.33. The summed E-state index contributed by atoms with van der Waals surface area (Å²) in [6.45, 7) is 4.71. The summed E-state index contributed by atoms with van der Waals surface area (Å²) in [6.07, 6.45) is 7.04. The topological polar surface area (TPSA) is 83.6 Å². The van der Waals surface area contributed by atoms with Crippen LogP contribution in [0.25, 0.3) is 0 Å². The highest BCUT2D eigenvalue weighted by Gasteiger charge is 2.44. The van der Waals surface area contributed by atoms with Crippen molar-refractivity contribution in [2.75, 3.05) is 13.1 Å². The predicted molar refractivity (Wildman–Crippen MR) is 87.7 cm³/mol. The first kappa shape index (κ1) is 16.7. The van der Waals surface area contributed by atoms with E-state index < -0.39 is 11.4 Å². The third kappa shape index (κ3) is 3.23. The van der Waals surface area contributed by atoms with Gasteiger partial charge < -0.3 is 14.4 Å². The number of nitrogens with zero attached hydrogens (tertiary/aromatic N) is 2. The molecule has 24 heavy (non-hydrogen) atoms. The lowest BCUT2D eigenvalue weighted by molar-refractivity contribution is -0.151. The third-order valence-corrected chi connectivity index (χ3v) is 4.96. The van der Waals surface area contributed by atoms with Crippen LogP contribution in [0, 0.1) is 5.41 Å². The van der Waals surface area contributed by atoms with Crippen molar-refractivity contribution in [1.29, 1.82) is 0 Å². The number of carbonyl (C=O) groups is 2. The summed E-state index contributed by atoms with van der Waals surface area (Å²) >= 11 is 0. The van der Waals surface area contributed by atoms with Gasteiger partial charge in [-0.1, -0.05) is 11.6 Å². The standard InChI is InChI=1S/C18H24N2O4/c1-12(2)6-8-18(17(22)23)7-3-9-20(10-18)16(21)14-15(13-4-5-13)24-11-19-14/h6,11,13H,3-5,7-10H2,1-2H3,(H,22,23). The van der Waals surface area contributed by atoms with Crippen LogP contribution in [0.5, 0.6) is 0 Å². The van der Waals surface area contributed by atoms with Crippen molar-refractivity contribution in [3.05, 3.63) is 29.5 Å². The molecule has 1 aromatic rings. The Morgan fingerprint density at radius 2 is 2.21 bits per heavy atom. The number of carbonyl (C=O) groups excluding carboxylic acids is 1. The smallest absolute Gasteiger partial charge is 0.311 e. The zero-order valence-corrected chi connectivity index (χ0v) is 14.2. The van der Waals surface area contributed by atoms with E-state index in [4.69, 9.17) is 4.42 Å². The molecule has 1 aliphatic carbocycles. The molecule has 3 rings (SSSR count). The summed E-state index contributed by atoms with van der Waals surface area (Å²) in [5, 5.41) is 9.78. The molecule has 2 fully saturated rings. The highest BCUT2D eigenvalue weighted by Crippen LogP contribution is 2.42. The summed E-state index contributed by atoms with van der Waals surface area (Å²) in [6, 6.07) is 0. The fraction of sp³-hybridized carbons (Fsp3) is 0.611. The molecule has 130 valence electrons. The van der Waals surface area contributed by atoms with Gasteiger partial charge in [0.2, 0.25) is 0 Å². The van der Waals surface area contributed by atoms with Gasteiger partial charge in [0, 0.05) is 19.0 Å². The van der Waals surface area contributed by atoms with Crippen LogP contribution in [0.15, 0.2) is 22.5 Å². The van der Waals surface area contributed by atoms with Gasteiger partial charge in [-0.15, -0.1) is 0 Å². The van der Waals surface area contributed by atoms with Gasteiger partial charge in [0.15, 0.2) is 12.1 Å². The van der Waals surface area contributed by atoms with Crippen LogP contribution in [-0.2, 0) is 4.79 Å². The molecule has 2 heterocycles. The SMILES string of the molecule is CC(C)=CCC1(C(=O)O)CCCN(C(=O)c2ncoc2C2CC2)C1. The van der Waals surface area contributed by atoms with E-state index in [1.54, 1.807) is 4.90 Å². The Morgan fingerprint density at radius 1 is 1.46 bits per heavy atom. The molecule has 0 radical (unpaired) electrons. The average Bonchev–Trinajstić information content (AvgIpc) is 3.29. The monoisotopic (exact) mass is 332 g/mol. The highest BCUT2D eigenvalue weighted by molar-refractivity contribution is 5.94. The molecule has 1 aromatic heterocycles. The fourth-order valence-corrected chi connectivity index (χ4v) is 3.33. The second kappa shape index (κ2) is 6.42. The van der Waals surface area contributed by atoms with Crippen LogP contribution in [0.3, 0.4) is 0 Å². The predicted octanol–water partition coefficient (Wildman–Crippen LogP) is 3.22. The molecule has 0 bridgehead atoms. The zero-order chi connectivity index (χ0) is 17.3. The number of aromatic nitrogens is 1. The van der Waals surface area contributed by atoms with E-state index in [0.29, 0.717) is 43.2 Å². The first-order valence-electron chi connectivity index (χ1n) is 8.52. The lowest BCUT2D eigenvalue weighted by Crippen LogP contribution is -2.50. The summed E-state index contributed by atoms with van der Waals surface area (Å²) in [5.41, 5.74) is 0.543. The van der Waals surface area contributed by atoms with Gasteiger partial charge in [0.25, 0.3) is 5.91 Å². The Labute approximate surface area is 141 Å². The minimum Gasteiger partial charge on any atom is -0.481 e. The van der Waals surface area contributed by atoms with Gasteiger partial charge >= 0.3 is 5.97 Å². The molecule has 6 nitrogen and oxygen atoms in total. The number of aliphatic carboxylic acids is 1. The van der Waals surface area contributed by atoms with Crippen molar-refractivity contribution in [3.63, 3.8) is 0 Å². The number of oxazole rings is 1. The van der Waals surface area contributed by atoms with Gasteiger partial charge in [0.05, 0.1) is 5.41 Å². The summed E-state index contributed by atoms with van der Waals surface area (Å²) < 4.78 is 5.39. The van der Waals surface area contributed by atoms with Crippen molar-refractivity contribution < 1.29 is 19.1 Å². The molecule has 1 amide bonds. The average molecular weight is 332 g/mol. The van der Waals surface area contributed by atoms with Crippen molar-refractivity contribution in [2.45, 2.75) is 51.9 Å². The Hall–Kier alpha value is -2.11. The van der Waals surface area contributed by atoms with Crippen LogP contribution >= 0.6 is 0 Å². The van der Waals surface area contributed by atoms with Crippen LogP contribution in [0.1, 0.15) is 68.1 Å². The molecule has 1 aliphatic heterocycles. The number of carboxylic acid groups (broad SMARTS) is 1. The second-order valence-corrected chi connectivity index (χ2v) is 7.24. The molecule has 1 N–H and O–H groups in total. The van der Waals surface area contributed by atoms with E-state index in [9.17, 15) is 14.7 Å². The van der Waals surface area contributed by atoms with Crippen molar-refractivity contribution >= 4 is 11.9 Å².